The van der Waals surface area contributed by atoms with E-state index in [0.29, 0.717) is 5.92 Å². The highest BCUT2D eigenvalue weighted by Gasteiger charge is 2.25. The van der Waals surface area contributed by atoms with Crippen molar-refractivity contribution in [3.05, 3.63) is 77.0 Å². The third-order valence-corrected chi connectivity index (χ3v) is 3.86. The van der Waals surface area contributed by atoms with Gasteiger partial charge in [-0.05, 0) is 11.1 Å². The molecular weight excluding hydrogens is 232 g/mol. The van der Waals surface area contributed by atoms with Gasteiger partial charge in [0.25, 0.3) is 0 Å². The monoisotopic (exact) mass is 250 g/mol. The van der Waals surface area contributed by atoms with Crippen LogP contribution in [0.1, 0.15) is 29.0 Å². The smallest absolute Gasteiger partial charge is 0.0583 e. The lowest BCUT2D eigenvalue weighted by Gasteiger charge is -2.28. The van der Waals surface area contributed by atoms with Gasteiger partial charge in [-0.2, -0.15) is 0 Å². The molecular formula is C17H18N2. The minimum absolute atomic E-state index is 0.382. The lowest BCUT2D eigenvalue weighted by molar-refractivity contribution is 0.729. The molecule has 19 heavy (non-hydrogen) atoms. The van der Waals surface area contributed by atoms with E-state index in [-0.39, 0.29) is 0 Å². The first-order valence-electron chi connectivity index (χ1n) is 6.62. The molecule has 0 spiro atoms. The Bertz CT molecular complexity index is 614. The predicted molar refractivity (Wildman–Crippen MR) is 79.5 cm³/mol. The Morgan fingerprint density at radius 2 is 1.68 bits per heavy atom. The van der Waals surface area contributed by atoms with Gasteiger partial charge in [-0.25, -0.2) is 0 Å². The maximum absolute atomic E-state index is 6.26. The second kappa shape index (κ2) is 4.81. The van der Waals surface area contributed by atoms with E-state index in [2.05, 4.69) is 53.8 Å². The fourth-order valence-electron chi connectivity index (χ4n) is 2.85. The SMILES string of the molecule is CNC1=C(N)c2ccccc2C(c2ccccc2)C1. The summed E-state index contributed by atoms with van der Waals surface area (Å²) in [7, 11) is 1.94. The Morgan fingerprint density at radius 1 is 1.00 bits per heavy atom. The molecule has 2 heteroatoms. The Balaban J connectivity index is 2.15. The van der Waals surface area contributed by atoms with Crippen LogP contribution in [-0.4, -0.2) is 7.05 Å². The number of nitrogens with one attached hydrogen (secondary N) is 1. The fourth-order valence-corrected chi connectivity index (χ4v) is 2.85. The van der Waals surface area contributed by atoms with Crippen molar-refractivity contribution in [2.75, 3.05) is 7.05 Å². The summed E-state index contributed by atoms with van der Waals surface area (Å²) in [6.45, 7) is 0. The number of allylic oxidation sites excluding steroid dienone is 1. The van der Waals surface area contributed by atoms with Crippen LogP contribution in [-0.2, 0) is 0 Å². The van der Waals surface area contributed by atoms with Crippen LogP contribution in [0.4, 0.5) is 0 Å². The summed E-state index contributed by atoms with van der Waals surface area (Å²) >= 11 is 0. The second-order valence-electron chi connectivity index (χ2n) is 4.90. The molecule has 3 N–H and O–H groups in total. The van der Waals surface area contributed by atoms with E-state index in [9.17, 15) is 0 Å². The van der Waals surface area contributed by atoms with E-state index >= 15 is 0 Å². The molecule has 0 aromatic heterocycles. The highest BCUT2D eigenvalue weighted by Crippen LogP contribution is 2.39. The Labute approximate surface area is 114 Å². The summed E-state index contributed by atoms with van der Waals surface area (Å²) in [5.41, 5.74) is 12.1. The minimum atomic E-state index is 0.382. The molecule has 3 rings (SSSR count). The van der Waals surface area contributed by atoms with E-state index in [1.165, 1.54) is 11.1 Å². The molecule has 2 aromatic carbocycles. The van der Waals surface area contributed by atoms with Gasteiger partial charge in [0.2, 0.25) is 0 Å². The Kier molecular flexibility index (Phi) is 3.00. The topological polar surface area (TPSA) is 38.0 Å². The number of nitrogens with two attached hydrogens (primary N) is 1. The van der Waals surface area contributed by atoms with Gasteiger partial charge < -0.3 is 11.1 Å². The van der Waals surface area contributed by atoms with E-state index in [1.54, 1.807) is 0 Å². The molecule has 1 aliphatic rings. The van der Waals surface area contributed by atoms with Crippen LogP contribution < -0.4 is 11.1 Å². The number of fused-ring (bicyclic) bond motifs is 1. The highest BCUT2D eigenvalue weighted by atomic mass is 14.9. The van der Waals surface area contributed by atoms with Crippen LogP contribution >= 0.6 is 0 Å². The van der Waals surface area contributed by atoms with Crippen LogP contribution in [0.2, 0.25) is 0 Å². The highest BCUT2D eigenvalue weighted by molar-refractivity contribution is 5.72. The van der Waals surface area contributed by atoms with Gasteiger partial charge in [0.15, 0.2) is 0 Å². The van der Waals surface area contributed by atoms with E-state index < -0.39 is 0 Å². The van der Waals surface area contributed by atoms with Gasteiger partial charge in [0.05, 0.1) is 5.70 Å². The van der Waals surface area contributed by atoms with Crippen molar-refractivity contribution < 1.29 is 0 Å². The summed E-state index contributed by atoms with van der Waals surface area (Å²) in [5, 5.41) is 3.25. The van der Waals surface area contributed by atoms with Gasteiger partial charge in [-0.15, -0.1) is 0 Å². The van der Waals surface area contributed by atoms with Crippen LogP contribution in [0.3, 0.4) is 0 Å². The Morgan fingerprint density at radius 3 is 2.42 bits per heavy atom. The van der Waals surface area contributed by atoms with Crippen molar-refractivity contribution in [3.63, 3.8) is 0 Å². The van der Waals surface area contributed by atoms with Crippen molar-refractivity contribution in [3.8, 4) is 0 Å². The second-order valence-corrected chi connectivity index (χ2v) is 4.90. The average Bonchev–Trinajstić information content (AvgIpc) is 2.49. The lowest BCUT2D eigenvalue weighted by Crippen LogP contribution is -2.22. The van der Waals surface area contributed by atoms with Gasteiger partial charge in [0.1, 0.15) is 0 Å². The normalized spacial score (nSPS) is 18.1. The van der Waals surface area contributed by atoms with Crippen molar-refractivity contribution in [2.24, 2.45) is 5.73 Å². The van der Waals surface area contributed by atoms with Crippen LogP contribution in [0.25, 0.3) is 5.70 Å². The number of hydrogen-bond acceptors (Lipinski definition) is 2. The molecule has 0 heterocycles. The molecule has 2 aromatic rings. The molecule has 0 amide bonds. The van der Waals surface area contributed by atoms with Gasteiger partial charge in [-0.1, -0.05) is 54.6 Å². The maximum Gasteiger partial charge on any atom is 0.0583 e. The predicted octanol–water partition coefficient (Wildman–Crippen LogP) is 3.07. The van der Waals surface area contributed by atoms with Gasteiger partial charge in [0, 0.05) is 30.6 Å². The molecule has 0 saturated carbocycles. The zero-order chi connectivity index (χ0) is 13.2. The molecule has 2 nitrogen and oxygen atoms in total. The summed E-state index contributed by atoms with van der Waals surface area (Å²) in [6.07, 6.45) is 0.934. The number of rotatable bonds is 2. The van der Waals surface area contributed by atoms with Gasteiger partial charge in [-0.3, -0.25) is 0 Å². The summed E-state index contributed by atoms with van der Waals surface area (Å²) in [6, 6.07) is 19.1. The van der Waals surface area contributed by atoms with Crippen LogP contribution in [0.15, 0.2) is 60.3 Å². The van der Waals surface area contributed by atoms with E-state index in [0.717, 1.165) is 23.4 Å². The number of hydrogen-bond donors (Lipinski definition) is 2. The molecule has 96 valence electrons. The average molecular weight is 250 g/mol. The summed E-state index contributed by atoms with van der Waals surface area (Å²) in [4.78, 5) is 0. The van der Waals surface area contributed by atoms with Gasteiger partial charge >= 0.3 is 0 Å². The largest absolute Gasteiger partial charge is 0.397 e. The Hall–Kier alpha value is -2.22. The summed E-state index contributed by atoms with van der Waals surface area (Å²) in [5.74, 6) is 0.382. The minimum Gasteiger partial charge on any atom is -0.397 e. The first-order chi connectivity index (χ1) is 9.31. The quantitative estimate of drug-likeness (QED) is 0.859. The maximum atomic E-state index is 6.26. The first-order valence-corrected chi connectivity index (χ1v) is 6.62. The molecule has 1 aliphatic carbocycles. The molecule has 0 fully saturated rings. The molecule has 0 radical (unpaired) electrons. The molecule has 1 atom stereocenters. The molecule has 0 aliphatic heterocycles. The molecule has 1 unspecified atom stereocenters. The zero-order valence-electron chi connectivity index (χ0n) is 11.1. The first kappa shape index (κ1) is 11.8. The third-order valence-electron chi connectivity index (χ3n) is 3.86. The molecule has 0 saturated heterocycles. The van der Waals surface area contributed by atoms with E-state index in [4.69, 9.17) is 5.73 Å². The lowest BCUT2D eigenvalue weighted by atomic mass is 9.80. The van der Waals surface area contributed by atoms with Crippen LogP contribution in [0, 0.1) is 0 Å². The molecule has 0 bridgehead atoms. The van der Waals surface area contributed by atoms with Crippen molar-refractivity contribution in [2.45, 2.75) is 12.3 Å². The number of benzene rings is 2. The summed E-state index contributed by atoms with van der Waals surface area (Å²) < 4.78 is 0. The van der Waals surface area contributed by atoms with Crippen molar-refractivity contribution >= 4 is 5.70 Å². The standard InChI is InChI=1S/C17H18N2/c1-19-16-11-15(12-7-3-2-4-8-12)13-9-5-6-10-14(13)17(16)18/h2-10,15,19H,11,18H2,1H3. The fraction of sp³-hybridized carbons (Fsp3) is 0.176. The van der Waals surface area contributed by atoms with E-state index in [1.807, 2.05) is 13.1 Å². The van der Waals surface area contributed by atoms with Crippen molar-refractivity contribution in [1.82, 2.24) is 5.32 Å². The zero-order valence-corrected chi connectivity index (χ0v) is 11.1. The third kappa shape index (κ3) is 1.99. The van der Waals surface area contributed by atoms with Crippen molar-refractivity contribution in [1.29, 1.82) is 0 Å². The van der Waals surface area contributed by atoms with Crippen LogP contribution in [0.5, 0.6) is 0 Å².